The van der Waals surface area contributed by atoms with Crippen LogP contribution in [0.5, 0.6) is 0 Å². The fourth-order valence-electron chi connectivity index (χ4n) is 3.22. The fraction of sp³-hybridized carbons (Fsp3) is 0.909. The molecular formula is C11H17F2NO2. The first-order valence-corrected chi connectivity index (χ1v) is 5.86. The Morgan fingerprint density at radius 3 is 2.69 bits per heavy atom. The summed E-state index contributed by atoms with van der Waals surface area (Å²) in [5.41, 5.74) is 0. The Balaban J connectivity index is 2.11. The molecule has 1 saturated heterocycles. The van der Waals surface area contributed by atoms with Crippen molar-refractivity contribution in [2.45, 2.75) is 50.6 Å². The summed E-state index contributed by atoms with van der Waals surface area (Å²) in [5.74, 6) is -0.636. The Morgan fingerprint density at radius 2 is 2.06 bits per heavy atom. The van der Waals surface area contributed by atoms with Crippen LogP contribution in [0.4, 0.5) is 8.78 Å². The molecule has 1 aliphatic carbocycles. The molecule has 92 valence electrons. The fourth-order valence-corrected chi connectivity index (χ4v) is 3.22. The third kappa shape index (κ3) is 2.19. The highest BCUT2D eigenvalue weighted by Gasteiger charge is 2.45. The molecule has 0 spiro atoms. The van der Waals surface area contributed by atoms with Crippen LogP contribution < -0.4 is 0 Å². The molecule has 0 amide bonds. The van der Waals surface area contributed by atoms with Gasteiger partial charge in [0.1, 0.15) is 6.04 Å². The summed E-state index contributed by atoms with van der Waals surface area (Å²) in [6.45, 7) is -0.391. The van der Waals surface area contributed by atoms with Gasteiger partial charge < -0.3 is 5.11 Å². The molecular weight excluding hydrogens is 216 g/mol. The summed E-state index contributed by atoms with van der Waals surface area (Å²) in [6, 6.07) is -0.619. The van der Waals surface area contributed by atoms with Crippen LogP contribution in [0.25, 0.3) is 0 Å². The predicted octanol–water partition coefficient (Wildman–Crippen LogP) is 1.97. The molecule has 1 N–H and O–H groups in total. The number of likely N-dealkylation sites (tertiary alicyclic amines) is 1. The van der Waals surface area contributed by atoms with Crippen LogP contribution >= 0.6 is 0 Å². The van der Waals surface area contributed by atoms with Crippen molar-refractivity contribution in [1.29, 1.82) is 0 Å². The molecule has 0 aromatic rings. The minimum atomic E-state index is -2.44. The van der Waals surface area contributed by atoms with E-state index in [4.69, 9.17) is 5.11 Å². The average molecular weight is 233 g/mol. The highest BCUT2D eigenvalue weighted by Crippen LogP contribution is 2.39. The number of hydrogen-bond acceptors (Lipinski definition) is 2. The third-order valence-corrected chi connectivity index (χ3v) is 3.86. The lowest BCUT2D eigenvalue weighted by molar-refractivity contribution is -0.143. The SMILES string of the molecule is O=C(O)C1CC2CCCCC2N1CC(F)F. The van der Waals surface area contributed by atoms with Gasteiger partial charge in [0.25, 0.3) is 6.43 Å². The number of carboxylic acids is 1. The summed E-state index contributed by atoms with van der Waals surface area (Å²) in [6.07, 6.45) is 2.12. The largest absolute Gasteiger partial charge is 0.480 e. The highest BCUT2D eigenvalue weighted by atomic mass is 19.3. The lowest BCUT2D eigenvalue weighted by Crippen LogP contribution is -2.44. The molecule has 1 heterocycles. The maximum atomic E-state index is 12.4. The molecule has 1 saturated carbocycles. The zero-order chi connectivity index (χ0) is 11.7. The first kappa shape index (κ1) is 11.8. The van der Waals surface area contributed by atoms with Crippen molar-refractivity contribution in [3.8, 4) is 0 Å². The van der Waals surface area contributed by atoms with Gasteiger partial charge in [-0.3, -0.25) is 9.69 Å². The van der Waals surface area contributed by atoms with Crippen LogP contribution in [0, 0.1) is 5.92 Å². The lowest BCUT2D eigenvalue weighted by atomic mass is 9.85. The van der Waals surface area contributed by atoms with Crippen molar-refractivity contribution in [2.24, 2.45) is 5.92 Å². The molecule has 0 bridgehead atoms. The Bertz CT molecular complexity index is 273. The van der Waals surface area contributed by atoms with Crippen molar-refractivity contribution in [1.82, 2.24) is 4.90 Å². The van der Waals surface area contributed by atoms with Gasteiger partial charge in [0.05, 0.1) is 6.54 Å². The van der Waals surface area contributed by atoms with Gasteiger partial charge >= 0.3 is 5.97 Å². The van der Waals surface area contributed by atoms with E-state index in [0.717, 1.165) is 25.7 Å². The number of rotatable bonds is 3. The van der Waals surface area contributed by atoms with E-state index in [9.17, 15) is 13.6 Å². The molecule has 16 heavy (non-hydrogen) atoms. The van der Waals surface area contributed by atoms with E-state index in [1.807, 2.05) is 0 Å². The first-order chi connectivity index (χ1) is 7.59. The van der Waals surface area contributed by atoms with E-state index in [2.05, 4.69) is 0 Å². The van der Waals surface area contributed by atoms with Crippen LogP contribution in [0.3, 0.4) is 0 Å². The van der Waals surface area contributed by atoms with Crippen LogP contribution in [0.2, 0.25) is 0 Å². The lowest BCUT2D eigenvalue weighted by Gasteiger charge is -2.32. The third-order valence-electron chi connectivity index (χ3n) is 3.86. The van der Waals surface area contributed by atoms with E-state index < -0.39 is 25.0 Å². The van der Waals surface area contributed by atoms with E-state index in [-0.39, 0.29) is 6.04 Å². The van der Waals surface area contributed by atoms with E-state index >= 15 is 0 Å². The number of carboxylic acid groups (broad SMARTS) is 1. The minimum Gasteiger partial charge on any atom is -0.480 e. The van der Waals surface area contributed by atoms with Gasteiger partial charge in [-0.1, -0.05) is 12.8 Å². The quantitative estimate of drug-likeness (QED) is 0.810. The Hall–Kier alpha value is -0.710. The Morgan fingerprint density at radius 1 is 1.38 bits per heavy atom. The number of fused-ring (bicyclic) bond motifs is 1. The van der Waals surface area contributed by atoms with Gasteiger partial charge in [-0.15, -0.1) is 0 Å². The second kappa shape index (κ2) is 4.65. The summed E-state index contributed by atoms with van der Waals surface area (Å²) >= 11 is 0. The van der Waals surface area contributed by atoms with Gasteiger partial charge in [0.15, 0.2) is 0 Å². The first-order valence-electron chi connectivity index (χ1n) is 5.86. The normalized spacial score (nSPS) is 35.3. The zero-order valence-corrected chi connectivity index (χ0v) is 9.11. The number of carbonyl (C=O) groups is 1. The summed E-state index contributed by atoms with van der Waals surface area (Å²) < 4.78 is 24.9. The minimum absolute atomic E-state index is 0.0730. The number of aliphatic carboxylic acids is 1. The smallest absolute Gasteiger partial charge is 0.320 e. The summed E-state index contributed by atoms with van der Waals surface area (Å²) in [5, 5.41) is 9.06. The van der Waals surface area contributed by atoms with Crippen molar-refractivity contribution in [3.63, 3.8) is 0 Å². The predicted molar refractivity (Wildman–Crippen MR) is 54.5 cm³/mol. The van der Waals surface area contributed by atoms with Crippen molar-refractivity contribution in [3.05, 3.63) is 0 Å². The van der Waals surface area contributed by atoms with E-state index in [0.29, 0.717) is 12.3 Å². The van der Waals surface area contributed by atoms with Crippen LogP contribution in [0.1, 0.15) is 32.1 Å². The van der Waals surface area contributed by atoms with Crippen molar-refractivity contribution < 1.29 is 18.7 Å². The zero-order valence-electron chi connectivity index (χ0n) is 9.11. The molecule has 2 rings (SSSR count). The van der Waals surface area contributed by atoms with Crippen LogP contribution in [-0.4, -0.2) is 41.0 Å². The molecule has 3 unspecified atom stereocenters. The number of nitrogens with zero attached hydrogens (tertiary/aromatic N) is 1. The highest BCUT2D eigenvalue weighted by molar-refractivity contribution is 5.74. The second-order valence-electron chi connectivity index (χ2n) is 4.79. The van der Waals surface area contributed by atoms with Gasteiger partial charge in [-0.2, -0.15) is 0 Å². The number of alkyl halides is 2. The molecule has 2 aliphatic rings. The van der Waals surface area contributed by atoms with Gasteiger partial charge in [0, 0.05) is 6.04 Å². The molecule has 0 aromatic carbocycles. The standard InChI is InChI=1S/C11H17F2NO2/c12-10(13)6-14-8-4-2-1-3-7(8)5-9(14)11(15)16/h7-10H,1-6H2,(H,15,16). The topological polar surface area (TPSA) is 40.5 Å². The molecule has 1 aliphatic heterocycles. The Labute approximate surface area is 93.4 Å². The molecule has 5 heteroatoms. The van der Waals surface area contributed by atoms with E-state index in [1.165, 1.54) is 4.90 Å². The van der Waals surface area contributed by atoms with Crippen LogP contribution in [-0.2, 0) is 4.79 Å². The molecule has 0 aromatic heterocycles. The Kier molecular flexibility index (Phi) is 3.42. The van der Waals surface area contributed by atoms with E-state index in [1.54, 1.807) is 0 Å². The van der Waals surface area contributed by atoms with Crippen molar-refractivity contribution in [2.75, 3.05) is 6.54 Å². The molecule has 0 radical (unpaired) electrons. The monoisotopic (exact) mass is 233 g/mol. The average Bonchev–Trinajstić information content (AvgIpc) is 2.57. The maximum absolute atomic E-state index is 12.4. The summed E-state index contributed by atoms with van der Waals surface area (Å²) in [4.78, 5) is 12.6. The number of hydrogen-bond donors (Lipinski definition) is 1. The van der Waals surface area contributed by atoms with Crippen molar-refractivity contribution >= 4 is 5.97 Å². The van der Waals surface area contributed by atoms with Gasteiger partial charge in [0.2, 0.25) is 0 Å². The molecule has 3 nitrogen and oxygen atoms in total. The molecule has 2 fully saturated rings. The van der Waals surface area contributed by atoms with Gasteiger partial charge in [-0.05, 0) is 25.2 Å². The van der Waals surface area contributed by atoms with Gasteiger partial charge in [-0.25, -0.2) is 8.78 Å². The van der Waals surface area contributed by atoms with Crippen LogP contribution in [0.15, 0.2) is 0 Å². The number of halogens is 2. The summed E-state index contributed by atoms with van der Waals surface area (Å²) in [7, 11) is 0. The second-order valence-corrected chi connectivity index (χ2v) is 4.79. The molecule has 3 atom stereocenters. The maximum Gasteiger partial charge on any atom is 0.320 e.